The van der Waals surface area contributed by atoms with E-state index in [0.29, 0.717) is 48.5 Å². The highest BCUT2D eigenvalue weighted by Crippen LogP contribution is 2.22. The second-order valence-corrected chi connectivity index (χ2v) is 5.89. The fourth-order valence-electron chi connectivity index (χ4n) is 3.25. The summed E-state index contributed by atoms with van der Waals surface area (Å²) in [6, 6.07) is 8.75. The van der Waals surface area contributed by atoms with Crippen molar-refractivity contribution in [3.8, 4) is 0 Å². The summed E-state index contributed by atoms with van der Waals surface area (Å²) < 4.78 is 26.9. The van der Waals surface area contributed by atoms with Crippen molar-refractivity contribution in [3.63, 3.8) is 0 Å². The van der Waals surface area contributed by atoms with E-state index in [4.69, 9.17) is 0 Å². The molecule has 3 nitrogen and oxygen atoms in total. The second-order valence-electron chi connectivity index (χ2n) is 5.89. The number of hydrogen-bond acceptors (Lipinski definition) is 3. The molecule has 0 spiro atoms. The molecule has 0 saturated heterocycles. The molecule has 0 N–H and O–H groups in total. The molecule has 0 aromatic heterocycles. The minimum absolute atomic E-state index is 0.282. The summed E-state index contributed by atoms with van der Waals surface area (Å²) in [5, 5.41) is 0. The second kappa shape index (κ2) is 5.74. The van der Waals surface area contributed by atoms with Gasteiger partial charge in [0, 0.05) is 24.2 Å². The van der Waals surface area contributed by atoms with E-state index in [9.17, 15) is 13.6 Å². The standard InChI is InChI=1S/C19H14F2N2O/c20-13-1-3-15-11(9-13)5-7-22-17(15)19(24)18-16-4-2-14(21)10-12(16)6-8-23-18/h1-4,9-10H,5-8H2. The summed E-state index contributed by atoms with van der Waals surface area (Å²) in [4.78, 5) is 21.7. The van der Waals surface area contributed by atoms with E-state index < -0.39 is 0 Å². The van der Waals surface area contributed by atoms with Gasteiger partial charge in [0.15, 0.2) is 0 Å². The molecule has 2 aliphatic rings. The highest BCUT2D eigenvalue weighted by atomic mass is 19.1. The minimum atomic E-state index is -0.321. The van der Waals surface area contributed by atoms with Crippen molar-refractivity contribution in [2.24, 2.45) is 9.98 Å². The summed E-state index contributed by atoms with van der Waals surface area (Å²) in [5.74, 6) is -0.924. The molecule has 0 radical (unpaired) electrons. The van der Waals surface area contributed by atoms with Gasteiger partial charge in [-0.2, -0.15) is 0 Å². The molecule has 24 heavy (non-hydrogen) atoms. The number of aliphatic imine (C=N–C) groups is 2. The van der Waals surface area contributed by atoms with Gasteiger partial charge in [-0.15, -0.1) is 0 Å². The van der Waals surface area contributed by atoms with Crippen LogP contribution in [0.4, 0.5) is 8.78 Å². The van der Waals surface area contributed by atoms with Crippen LogP contribution in [0.2, 0.25) is 0 Å². The lowest BCUT2D eigenvalue weighted by Crippen LogP contribution is -2.31. The van der Waals surface area contributed by atoms with Gasteiger partial charge in [0.2, 0.25) is 5.78 Å². The largest absolute Gasteiger partial charge is 0.285 e. The molecular weight excluding hydrogens is 310 g/mol. The Morgan fingerprint density at radius 2 is 1.25 bits per heavy atom. The Morgan fingerprint density at radius 3 is 1.71 bits per heavy atom. The van der Waals surface area contributed by atoms with Crippen molar-refractivity contribution in [2.45, 2.75) is 12.8 Å². The number of Topliss-reactive ketones (excluding diaryl/α,β-unsaturated/α-hetero) is 1. The number of halogens is 2. The molecule has 0 unspecified atom stereocenters. The summed E-state index contributed by atoms with van der Waals surface area (Å²) in [6.45, 7) is 0.891. The average Bonchev–Trinajstić information content (AvgIpc) is 2.59. The quantitative estimate of drug-likeness (QED) is 0.837. The topological polar surface area (TPSA) is 41.8 Å². The van der Waals surface area contributed by atoms with Gasteiger partial charge in [0.05, 0.1) is 0 Å². The van der Waals surface area contributed by atoms with Crippen molar-refractivity contribution in [1.82, 2.24) is 0 Å². The number of nitrogens with zero attached hydrogens (tertiary/aromatic N) is 2. The van der Waals surface area contributed by atoms with E-state index in [0.717, 1.165) is 11.1 Å². The Labute approximate surface area is 137 Å². The summed E-state index contributed by atoms with van der Waals surface area (Å²) in [6.07, 6.45) is 1.22. The molecule has 0 atom stereocenters. The number of carbonyl (C=O) groups excluding carboxylic acids is 1. The number of benzene rings is 2. The first kappa shape index (κ1) is 14.9. The lowest BCUT2D eigenvalue weighted by atomic mass is 9.89. The van der Waals surface area contributed by atoms with Crippen molar-refractivity contribution < 1.29 is 13.6 Å². The molecule has 2 heterocycles. The Kier molecular flexibility index (Phi) is 3.56. The van der Waals surface area contributed by atoms with Crippen LogP contribution in [0.15, 0.2) is 46.4 Å². The number of rotatable bonds is 2. The third kappa shape index (κ3) is 2.46. The van der Waals surface area contributed by atoms with Gasteiger partial charge >= 0.3 is 0 Å². The number of fused-ring (bicyclic) bond motifs is 2. The van der Waals surface area contributed by atoms with Crippen LogP contribution in [0, 0.1) is 11.6 Å². The molecule has 0 saturated carbocycles. The van der Waals surface area contributed by atoms with E-state index >= 15 is 0 Å². The van der Waals surface area contributed by atoms with Crippen molar-refractivity contribution >= 4 is 17.2 Å². The number of hydrogen-bond donors (Lipinski definition) is 0. The first-order valence-corrected chi connectivity index (χ1v) is 7.84. The maximum atomic E-state index is 13.4. The van der Waals surface area contributed by atoms with Crippen LogP contribution in [0.3, 0.4) is 0 Å². The third-order valence-corrected chi connectivity index (χ3v) is 4.38. The third-order valence-electron chi connectivity index (χ3n) is 4.38. The van der Waals surface area contributed by atoms with Crippen molar-refractivity contribution in [1.29, 1.82) is 0 Å². The van der Waals surface area contributed by atoms with Crippen LogP contribution < -0.4 is 0 Å². The first-order chi connectivity index (χ1) is 11.6. The highest BCUT2D eigenvalue weighted by Gasteiger charge is 2.28. The Balaban J connectivity index is 1.76. The molecular formula is C19H14F2N2O. The number of carbonyl (C=O) groups is 1. The van der Waals surface area contributed by atoms with Crippen molar-refractivity contribution in [3.05, 3.63) is 70.3 Å². The maximum Gasteiger partial charge on any atom is 0.229 e. The van der Waals surface area contributed by atoms with Crippen LogP contribution in [-0.4, -0.2) is 30.3 Å². The van der Waals surface area contributed by atoms with Crippen LogP contribution in [0.5, 0.6) is 0 Å². The van der Waals surface area contributed by atoms with E-state index in [1.54, 1.807) is 12.1 Å². The fraction of sp³-hybridized carbons (Fsp3) is 0.211. The molecule has 0 bridgehead atoms. The summed E-state index contributed by atoms with van der Waals surface area (Å²) in [7, 11) is 0. The summed E-state index contributed by atoms with van der Waals surface area (Å²) >= 11 is 0. The van der Waals surface area contributed by atoms with E-state index in [-0.39, 0.29) is 17.4 Å². The summed E-state index contributed by atoms with van der Waals surface area (Å²) in [5.41, 5.74) is 3.50. The van der Waals surface area contributed by atoms with Crippen molar-refractivity contribution in [2.75, 3.05) is 13.1 Å². The van der Waals surface area contributed by atoms with Gasteiger partial charge in [0.1, 0.15) is 23.1 Å². The van der Waals surface area contributed by atoms with Gasteiger partial charge in [-0.05, 0) is 60.4 Å². The lowest BCUT2D eigenvalue weighted by molar-refractivity contribution is -0.107. The SMILES string of the molecule is O=C(C1=NCCc2cc(F)ccc21)C1=NCCc2cc(F)ccc21. The van der Waals surface area contributed by atoms with Gasteiger partial charge < -0.3 is 0 Å². The normalized spacial score (nSPS) is 15.9. The molecule has 2 aliphatic heterocycles. The van der Waals surface area contributed by atoms with Crippen LogP contribution >= 0.6 is 0 Å². The monoisotopic (exact) mass is 324 g/mol. The molecule has 0 amide bonds. The van der Waals surface area contributed by atoms with Gasteiger partial charge in [0.25, 0.3) is 0 Å². The van der Waals surface area contributed by atoms with Crippen LogP contribution in [-0.2, 0) is 17.6 Å². The predicted molar refractivity (Wildman–Crippen MR) is 88.0 cm³/mol. The van der Waals surface area contributed by atoms with Gasteiger partial charge in [-0.1, -0.05) is 0 Å². The zero-order valence-corrected chi connectivity index (χ0v) is 12.9. The van der Waals surface area contributed by atoms with Gasteiger partial charge in [-0.25, -0.2) is 8.78 Å². The molecule has 4 rings (SSSR count). The zero-order valence-electron chi connectivity index (χ0n) is 12.9. The maximum absolute atomic E-state index is 13.4. The van der Waals surface area contributed by atoms with E-state index in [2.05, 4.69) is 9.98 Å². The molecule has 5 heteroatoms. The smallest absolute Gasteiger partial charge is 0.229 e. The van der Waals surface area contributed by atoms with E-state index in [1.165, 1.54) is 24.3 Å². The molecule has 0 aliphatic carbocycles. The lowest BCUT2D eigenvalue weighted by Gasteiger charge is -2.20. The molecule has 2 aromatic rings. The highest BCUT2D eigenvalue weighted by molar-refractivity contribution is 6.72. The first-order valence-electron chi connectivity index (χ1n) is 7.84. The molecule has 2 aromatic carbocycles. The fourth-order valence-corrected chi connectivity index (χ4v) is 3.25. The zero-order chi connectivity index (χ0) is 16.7. The Morgan fingerprint density at radius 1 is 0.792 bits per heavy atom. The van der Waals surface area contributed by atoms with E-state index in [1.807, 2.05) is 0 Å². The van der Waals surface area contributed by atoms with Gasteiger partial charge in [-0.3, -0.25) is 14.8 Å². The Bertz CT molecular complexity index is 842. The Hall–Kier alpha value is -2.69. The number of ketones is 1. The molecule has 120 valence electrons. The minimum Gasteiger partial charge on any atom is -0.285 e. The van der Waals surface area contributed by atoms with Crippen LogP contribution in [0.25, 0.3) is 0 Å². The predicted octanol–water partition coefficient (Wildman–Crippen LogP) is 2.92. The van der Waals surface area contributed by atoms with Crippen LogP contribution in [0.1, 0.15) is 22.3 Å². The molecule has 0 fully saturated rings. The average molecular weight is 324 g/mol.